The summed E-state index contributed by atoms with van der Waals surface area (Å²) in [6.07, 6.45) is 1.60. The molecule has 148 valence electrons. The number of carbonyl (C=O) groups excluding carboxylic acids is 2. The van der Waals surface area contributed by atoms with Gasteiger partial charge in [-0.15, -0.1) is 0 Å². The van der Waals surface area contributed by atoms with Crippen LogP contribution in [0.15, 0.2) is 17.0 Å². The second-order valence-corrected chi connectivity index (χ2v) is 8.37. The van der Waals surface area contributed by atoms with E-state index in [1.807, 2.05) is 0 Å². The molecule has 7 nitrogen and oxygen atoms in total. The van der Waals surface area contributed by atoms with E-state index in [2.05, 4.69) is 4.74 Å². The highest BCUT2D eigenvalue weighted by Gasteiger charge is 2.43. The van der Waals surface area contributed by atoms with E-state index in [9.17, 15) is 26.8 Å². The Kier molecular flexibility index (Phi) is 5.59. The molecule has 1 heterocycles. The summed E-state index contributed by atoms with van der Waals surface area (Å²) < 4.78 is 64.9. The maximum absolute atomic E-state index is 13.9. The van der Waals surface area contributed by atoms with Crippen molar-refractivity contribution < 1.29 is 36.3 Å². The maximum Gasteiger partial charge on any atom is 0.341 e. The standard InChI is InChI=1S/C17H19F2NO6S/c1-25-17(22)12-7-10(8-13(18)16(12)19)27(23,24)20-5-6-26-9-14(20)11-3-2-4-15(11)21/h7-8,11,14H,2-6,9H2,1H3/t11-,14+/m0/s1. The summed E-state index contributed by atoms with van der Waals surface area (Å²) in [6, 6.07) is 0.566. The number of ether oxygens (including phenoxy) is 2. The van der Waals surface area contributed by atoms with Crippen molar-refractivity contribution in [2.24, 2.45) is 5.92 Å². The number of hydrogen-bond donors (Lipinski definition) is 0. The molecule has 0 amide bonds. The summed E-state index contributed by atoms with van der Waals surface area (Å²) >= 11 is 0. The lowest BCUT2D eigenvalue weighted by molar-refractivity contribution is -0.123. The lowest BCUT2D eigenvalue weighted by Crippen LogP contribution is -2.52. The van der Waals surface area contributed by atoms with Crippen LogP contribution in [0.25, 0.3) is 0 Å². The van der Waals surface area contributed by atoms with Crippen molar-refractivity contribution in [3.63, 3.8) is 0 Å². The molecule has 1 saturated heterocycles. The molecule has 1 saturated carbocycles. The molecule has 0 radical (unpaired) electrons. The Morgan fingerprint density at radius 1 is 1.33 bits per heavy atom. The number of benzene rings is 1. The minimum atomic E-state index is -4.29. The first-order chi connectivity index (χ1) is 12.8. The average molecular weight is 403 g/mol. The molecule has 2 fully saturated rings. The number of hydrogen-bond acceptors (Lipinski definition) is 6. The number of nitrogens with zero attached hydrogens (tertiary/aromatic N) is 1. The first-order valence-electron chi connectivity index (χ1n) is 8.47. The quantitative estimate of drug-likeness (QED) is 0.708. The zero-order valence-electron chi connectivity index (χ0n) is 14.6. The third-order valence-corrected chi connectivity index (χ3v) is 6.85. The van der Waals surface area contributed by atoms with E-state index in [0.717, 1.165) is 17.5 Å². The number of methoxy groups -OCH3 is 1. The Hall–Kier alpha value is -1.91. The molecule has 1 aliphatic heterocycles. The lowest BCUT2D eigenvalue weighted by Gasteiger charge is -2.37. The van der Waals surface area contributed by atoms with E-state index in [-0.39, 0.29) is 25.5 Å². The Balaban J connectivity index is 2.03. The molecule has 0 bridgehead atoms. The molecule has 1 aliphatic carbocycles. The van der Waals surface area contributed by atoms with Gasteiger partial charge in [-0.25, -0.2) is 22.0 Å². The molecule has 0 unspecified atom stereocenters. The third kappa shape index (κ3) is 3.61. The fourth-order valence-electron chi connectivity index (χ4n) is 3.58. The van der Waals surface area contributed by atoms with Crippen molar-refractivity contribution in [1.82, 2.24) is 4.31 Å². The zero-order chi connectivity index (χ0) is 19.8. The van der Waals surface area contributed by atoms with E-state index in [0.29, 0.717) is 25.3 Å². The Labute approximate surface area is 155 Å². The molecule has 0 aromatic heterocycles. The highest BCUT2D eigenvalue weighted by atomic mass is 32.2. The van der Waals surface area contributed by atoms with Crippen LogP contribution in [0.2, 0.25) is 0 Å². The van der Waals surface area contributed by atoms with Gasteiger partial charge in [0, 0.05) is 18.9 Å². The topological polar surface area (TPSA) is 90.0 Å². The zero-order valence-corrected chi connectivity index (χ0v) is 15.4. The second kappa shape index (κ2) is 7.61. The molecule has 2 aliphatic rings. The van der Waals surface area contributed by atoms with E-state index < -0.39 is 50.0 Å². The molecule has 3 rings (SSSR count). The highest BCUT2D eigenvalue weighted by molar-refractivity contribution is 7.89. The average Bonchev–Trinajstić information content (AvgIpc) is 3.08. The summed E-state index contributed by atoms with van der Waals surface area (Å²) in [5.74, 6) is -4.67. The van der Waals surface area contributed by atoms with Crippen molar-refractivity contribution in [3.8, 4) is 0 Å². The van der Waals surface area contributed by atoms with Gasteiger partial charge in [0.25, 0.3) is 0 Å². The first kappa shape index (κ1) is 19.8. The molecule has 10 heteroatoms. The van der Waals surface area contributed by atoms with E-state index in [1.54, 1.807) is 0 Å². The van der Waals surface area contributed by atoms with Crippen LogP contribution in [0, 0.1) is 17.6 Å². The summed E-state index contributed by atoms with van der Waals surface area (Å²) in [7, 11) is -3.31. The minimum Gasteiger partial charge on any atom is -0.465 e. The summed E-state index contributed by atoms with van der Waals surface area (Å²) in [4.78, 5) is 23.2. The van der Waals surface area contributed by atoms with Gasteiger partial charge in [0.05, 0.1) is 36.8 Å². The number of morpholine rings is 1. The Bertz CT molecular complexity index is 872. The van der Waals surface area contributed by atoms with Crippen molar-refractivity contribution >= 4 is 21.8 Å². The summed E-state index contributed by atoms with van der Waals surface area (Å²) in [6.45, 7) is 0.136. The van der Waals surface area contributed by atoms with E-state index in [4.69, 9.17) is 4.74 Å². The van der Waals surface area contributed by atoms with Crippen molar-refractivity contribution in [1.29, 1.82) is 0 Å². The fraction of sp³-hybridized carbons (Fsp3) is 0.529. The molecule has 1 aromatic rings. The molecule has 2 atom stereocenters. The normalized spacial score (nSPS) is 24.2. The van der Waals surface area contributed by atoms with Gasteiger partial charge >= 0.3 is 5.97 Å². The van der Waals surface area contributed by atoms with Gasteiger partial charge in [-0.3, -0.25) is 4.79 Å². The summed E-state index contributed by atoms with van der Waals surface area (Å²) in [5.41, 5.74) is -0.808. The fourth-order valence-corrected chi connectivity index (χ4v) is 5.25. The molecule has 1 aromatic carbocycles. The highest BCUT2D eigenvalue weighted by Crippen LogP contribution is 2.33. The number of carbonyl (C=O) groups is 2. The van der Waals surface area contributed by atoms with Gasteiger partial charge in [0.2, 0.25) is 10.0 Å². The summed E-state index contributed by atoms with van der Waals surface area (Å²) in [5, 5.41) is 0. The Morgan fingerprint density at radius 3 is 2.70 bits per heavy atom. The van der Waals surface area contributed by atoms with Crippen molar-refractivity contribution in [2.75, 3.05) is 26.9 Å². The van der Waals surface area contributed by atoms with Crippen LogP contribution >= 0.6 is 0 Å². The third-order valence-electron chi connectivity index (χ3n) is 4.94. The van der Waals surface area contributed by atoms with E-state index >= 15 is 0 Å². The minimum absolute atomic E-state index is 0.0245. The van der Waals surface area contributed by atoms with Gasteiger partial charge in [0.15, 0.2) is 11.6 Å². The van der Waals surface area contributed by atoms with Crippen LogP contribution in [0.4, 0.5) is 8.78 Å². The van der Waals surface area contributed by atoms with Crippen LogP contribution in [0.3, 0.4) is 0 Å². The lowest BCUT2D eigenvalue weighted by atomic mass is 9.97. The maximum atomic E-state index is 13.9. The predicted octanol–water partition coefficient (Wildman–Crippen LogP) is 1.51. The van der Waals surface area contributed by atoms with Crippen LogP contribution in [0.5, 0.6) is 0 Å². The van der Waals surface area contributed by atoms with Crippen LogP contribution in [-0.4, -0.2) is 57.4 Å². The molecular formula is C17H19F2NO6S. The largest absolute Gasteiger partial charge is 0.465 e. The SMILES string of the molecule is COC(=O)c1cc(S(=O)(=O)N2CCOC[C@@H]2[C@@H]2CCCC2=O)cc(F)c1F. The van der Waals surface area contributed by atoms with Crippen LogP contribution < -0.4 is 0 Å². The number of halogens is 2. The smallest absolute Gasteiger partial charge is 0.341 e. The molecule has 0 N–H and O–H groups in total. The van der Waals surface area contributed by atoms with Gasteiger partial charge in [-0.2, -0.15) is 4.31 Å². The number of esters is 1. The first-order valence-corrected chi connectivity index (χ1v) is 9.91. The van der Waals surface area contributed by atoms with Gasteiger partial charge in [-0.05, 0) is 25.0 Å². The van der Waals surface area contributed by atoms with Gasteiger partial charge in [-0.1, -0.05) is 0 Å². The predicted molar refractivity (Wildman–Crippen MR) is 88.5 cm³/mol. The van der Waals surface area contributed by atoms with E-state index in [1.165, 1.54) is 0 Å². The second-order valence-electron chi connectivity index (χ2n) is 6.48. The molecule has 0 spiro atoms. The number of rotatable bonds is 4. The number of sulfonamides is 1. The van der Waals surface area contributed by atoms with Crippen LogP contribution in [0.1, 0.15) is 29.6 Å². The Morgan fingerprint density at radius 2 is 2.07 bits per heavy atom. The molecule has 27 heavy (non-hydrogen) atoms. The number of ketones is 1. The monoisotopic (exact) mass is 403 g/mol. The van der Waals surface area contributed by atoms with Crippen molar-refractivity contribution in [3.05, 3.63) is 29.3 Å². The van der Waals surface area contributed by atoms with Gasteiger partial charge < -0.3 is 9.47 Å². The number of Topliss-reactive ketones (excluding diaryl/α,β-unsaturated/α-hetero) is 1. The van der Waals surface area contributed by atoms with Crippen LogP contribution in [-0.2, 0) is 24.3 Å². The van der Waals surface area contributed by atoms with Gasteiger partial charge in [0.1, 0.15) is 5.78 Å². The van der Waals surface area contributed by atoms with Crippen molar-refractivity contribution in [2.45, 2.75) is 30.2 Å². The molecular weight excluding hydrogens is 384 g/mol.